The first-order valence-electron chi connectivity index (χ1n) is 11.1. The Hall–Kier alpha value is -2.89. The summed E-state index contributed by atoms with van der Waals surface area (Å²) in [4.78, 5) is 19.9. The summed E-state index contributed by atoms with van der Waals surface area (Å²) >= 11 is 0. The first-order chi connectivity index (χ1) is 15.2. The summed E-state index contributed by atoms with van der Waals surface area (Å²) in [5.41, 5.74) is 17.3. The van der Waals surface area contributed by atoms with Gasteiger partial charge in [-0.1, -0.05) is 40.5 Å². The number of hydrogen-bond acceptors (Lipinski definition) is 2. The predicted octanol–water partition coefficient (Wildman–Crippen LogP) is 6.71. The fourth-order valence-electron chi connectivity index (χ4n) is 4.37. The summed E-state index contributed by atoms with van der Waals surface area (Å²) in [6, 6.07) is 8.46. The van der Waals surface area contributed by atoms with Crippen LogP contribution in [0.4, 0.5) is 0 Å². The first kappa shape index (κ1) is 23.3. The molecular weight excluding hydrogens is 451 g/mol. The van der Waals surface area contributed by atoms with Crippen LogP contribution in [0.15, 0.2) is 24.3 Å². The van der Waals surface area contributed by atoms with Crippen LogP contribution in [0.25, 0.3) is 44.4 Å². The number of fused-ring (bicyclic) bond motifs is 8. The maximum absolute atomic E-state index is 4.96. The molecule has 4 nitrogen and oxygen atoms in total. The Morgan fingerprint density at radius 3 is 1.03 bits per heavy atom. The van der Waals surface area contributed by atoms with Crippen molar-refractivity contribution in [3.05, 3.63) is 69.3 Å². The normalized spacial score (nSPS) is 13.6. The first-order valence-corrected chi connectivity index (χ1v) is 11.1. The number of aryl methyl sites for hydroxylation is 4. The second kappa shape index (κ2) is 8.15. The second-order valence-corrected chi connectivity index (χ2v) is 9.11. The molecule has 3 aromatic rings. The van der Waals surface area contributed by atoms with E-state index in [0.717, 1.165) is 44.8 Å². The number of rotatable bonds is 0. The van der Waals surface area contributed by atoms with E-state index < -0.39 is 0 Å². The molecule has 33 heavy (non-hydrogen) atoms. The van der Waals surface area contributed by atoms with Crippen molar-refractivity contribution in [3.8, 4) is 0 Å². The molecule has 5 rings (SSSR count). The topological polar surface area (TPSA) is 54.0 Å². The number of hydrogen-bond donors (Lipinski definition) is 0. The molecule has 0 aromatic carbocycles. The van der Waals surface area contributed by atoms with Crippen molar-refractivity contribution in [2.75, 3.05) is 0 Å². The number of nitrogens with zero attached hydrogens (tertiary/aromatic N) is 4. The average Bonchev–Trinajstić information content (AvgIpc) is 3.37. The molecule has 0 N–H and O–H groups in total. The monoisotopic (exact) mass is 479 g/mol. The van der Waals surface area contributed by atoms with Gasteiger partial charge in [-0.05, 0) is 83.7 Å². The molecule has 0 amide bonds. The minimum absolute atomic E-state index is 0. The smallest absolute Gasteiger partial charge is 0.657 e. The van der Waals surface area contributed by atoms with Gasteiger partial charge in [-0.3, -0.25) is 0 Å². The van der Waals surface area contributed by atoms with E-state index in [9.17, 15) is 0 Å². The molecular formula is C28H28CoN4. The van der Waals surface area contributed by atoms with Crippen LogP contribution < -0.4 is 9.97 Å². The molecule has 1 radical (unpaired) electrons. The molecule has 0 aliphatic carbocycles. The van der Waals surface area contributed by atoms with Gasteiger partial charge in [0.15, 0.2) is 0 Å². The molecule has 3 aromatic heterocycles. The van der Waals surface area contributed by atoms with E-state index >= 15 is 0 Å². The van der Waals surface area contributed by atoms with Crippen LogP contribution in [0.1, 0.15) is 72.7 Å². The quantitative estimate of drug-likeness (QED) is 0.360. The van der Waals surface area contributed by atoms with Gasteiger partial charge in [-0.2, -0.15) is 0 Å². The van der Waals surface area contributed by atoms with Gasteiger partial charge in [0.25, 0.3) is 0 Å². The van der Waals surface area contributed by atoms with E-state index in [2.05, 4.69) is 79.7 Å². The molecule has 5 heteroatoms. The third-order valence-electron chi connectivity index (χ3n) is 7.38. The van der Waals surface area contributed by atoms with Crippen LogP contribution in [0, 0.1) is 27.7 Å². The molecule has 0 spiro atoms. The van der Waals surface area contributed by atoms with E-state index in [1.807, 2.05) is 0 Å². The average molecular weight is 479 g/mol. The summed E-state index contributed by atoms with van der Waals surface area (Å²) in [6.07, 6.45) is 0. The van der Waals surface area contributed by atoms with Gasteiger partial charge in [0.1, 0.15) is 0 Å². The summed E-state index contributed by atoms with van der Waals surface area (Å²) in [5.74, 6) is 0. The summed E-state index contributed by atoms with van der Waals surface area (Å²) in [6.45, 7) is 17.1. The molecule has 2 aliphatic heterocycles. The largest absolute Gasteiger partial charge is 2.00 e. The Kier molecular flexibility index (Phi) is 5.75. The van der Waals surface area contributed by atoms with Crippen molar-refractivity contribution in [1.82, 2.24) is 19.9 Å². The summed E-state index contributed by atoms with van der Waals surface area (Å²) < 4.78 is 0. The van der Waals surface area contributed by atoms with E-state index in [0.29, 0.717) is 0 Å². The van der Waals surface area contributed by atoms with Gasteiger partial charge < -0.3 is 9.97 Å². The van der Waals surface area contributed by atoms with Crippen LogP contribution in [0.5, 0.6) is 0 Å². The Labute approximate surface area is 205 Å². The van der Waals surface area contributed by atoms with Crippen LogP contribution >= 0.6 is 0 Å². The summed E-state index contributed by atoms with van der Waals surface area (Å²) in [5, 5.41) is 0. The zero-order valence-electron chi connectivity index (χ0n) is 20.4. The van der Waals surface area contributed by atoms with Crippen molar-refractivity contribution < 1.29 is 16.8 Å². The van der Waals surface area contributed by atoms with Gasteiger partial charge in [-0.15, -0.1) is 22.1 Å². The Morgan fingerprint density at radius 2 is 0.697 bits per heavy atom. The minimum Gasteiger partial charge on any atom is -0.657 e. The Balaban J connectivity index is 0.00000259. The van der Waals surface area contributed by atoms with E-state index in [1.165, 1.54) is 44.5 Å². The van der Waals surface area contributed by atoms with Crippen LogP contribution in [0.2, 0.25) is 0 Å². The SMILES string of the molecule is CC1=C(C)c2cc3[n-]c(cc4[n-]c(cc5nc(cc1n2)C(C)=C5C)c(C)c4C)c(C)c3C.[Co+2]. The van der Waals surface area contributed by atoms with Gasteiger partial charge in [0.2, 0.25) is 0 Å². The van der Waals surface area contributed by atoms with E-state index in [-0.39, 0.29) is 16.8 Å². The van der Waals surface area contributed by atoms with Crippen molar-refractivity contribution in [3.63, 3.8) is 0 Å². The molecule has 169 valence electrons. The van der Waals surface area contributed by atoms with Crippen molar-refractivity contribution in [1.29, 1.82) is 0 Å². The third kappa shape index (κ3) is 3.60. The van der Waals surface area contributed by atoms with Crippen LogP contribution in [-0.4, -0.2) is 9.97 Å². The van der Waals surface area contributed by atoms with Crippen LogP contribution in [0.3, 0.4) is 0 Å². The molecule has 0 saturated heterocycles. The van der Waals surface area contributed by atoms with Crippen molar-refractivity contribution in [2.45, 2.75) is 55.4 Å². The molecule has 0 fully saturated rings. The molecule has 0 unspecified atom stereocenters. The van der Waals surface area contributed by atoms with E-state index in [4.69, 9.17) is 19.9 Å². The fraction of sp³-hybridized carbons (Fsp3) is 0.286. The van der Waals surface area contributed by atoms with Crippen molar-refractivity contribution >= 4 is 44.4 Å². The Morgan fingerprint density at radius 1 is 0.424 bits per heavy atom. The molecule has 0 atom stereocenters. The van der Waals surface area contributed by atoms with Gasteiger partial charge in [0.05, 0.1) is 22.8 Å². The minimum atomic E-state index is 0. The predicted molar refractivity (Wildman–Crippen MR) is 134 cm³/mol. The van der Waals surface area contributed by atoms with Gasteiger partial charge >= 0.3 is 16.8 Å². The summed E-state index contributed by atoms with van der Waals surface area (Å²) in [7, 11) is 0. The molecule has 8 bridgehead atoms. The second-order valence-electron chi connectivity index (χ2n) is 9.11. The maximum Gasteiger partial charge on any atom is 2.00 e. The molecule has 5 heterocycles. The fourth-order valence-corrected chi connectivity index (χ4v) is 4.37. The zero-order valence-corrected chi connectivity index (χ0v) is 21.5. The number of aromatic nitrogens is 4. The van der Waals surface area contributed by atoms with E-state index in [1.54, 1.807) is 0 Å². The Bertz CT molecular complexity index is 1430. The number of allylic oxidation sites excluding steroid dienone is 4. The maximum atomic E-state index is 4.96. The standard InChI is InChI=1S/C28H28N4.Co/c1-13-14(2)22-10-24-17(5)18(6)26(31-24)12-28-20(8)19(7)27(32-28)11-25-16(4)15(3)23(30-25)9-21(13)29-22;/h9-12H,1-8H3;/q-2;+2. The van der Waals surface area contributed by atoms with Gasteiger partial charge in [-0.25, -0.2) is 9.97 Å². The molecule has 0 saturated carbocycles. The third-order valence-corrected chi connectivity index (χ3v) is 7.38. The van der Waals surface area contributed by atoms with Crippen molar-refractivity contribution in [2.24, 2.45) is 0 Å². The van der Waals surface area contributed by atoms with Gasteiger partial charge in [0, 0.05) is 0 Å². The van der Waals surface area contributed by atoms with Crippen LogP contribution in [-0.2, 0) is 16.8 Å². The molecule has 2 aliphatic rings. The zero-order chi connectivity index (χ0) is 22.9.